The number of hydrogen-bond acceptors (Lipinski definition) is 3. The molecule has 1 aromatic heterocycles. The number of allylic oxidation sites excluding steroid dienone is 1. The van der Waals surface area contributed by atoms with Gasteiger partial charge in [-0.15, -0.1) is 0 Å². The molecular weight excluding hydrogens is 186 g/mol. The molecule has 0 atom stereocenters. The molecule has 0 aliphatic carbocycles. The summed E-state index contributed by atoms with van der Waals surface area (Å²) in [7, 11) is 0. The molecule has 0 fully saturated rings. The molecule has 0 spiro atoms. The molecular formula is C12H15N3. The second-order valence-electron chi connectivity index (χ2n) is 3.51. The lowest BCUT2D eigenvalue weighted by molar-refractivity contribution is 0.714. The Labute approximate surface area is 90.0 Å². The van der Waals surface area contributed by atoms with Crippen molar-refractivity contribution in [3.8, 4) is 0 Å². The van der Waals surface area contributed by atoms with E-state index in [1.165, 1.54) is 0 Å². The maximum atomic E-state index is 4.31. The van der Waals surface area contributed by atoms with Crippen molar-refractivity contribution in [2.45, 2.75) is 19.4 Å². The van der Waals surface area contributed by atoms with Crippen molar-refractivity contribution in [1.82, 2.24) is 10.3 Å². The molecule has 15 heavy (non-hydrogen) atoms. The fourth-order valence-corrected chi connectivity index (χ4v) is 1.50. The average molecular weight is 201 g/mol. The molecule has 1 N–H and O–H groups in total. The van der Waals surface area contributed by atoms with Crippen LogP contribution in [0, 0.1) is 0 Å². The van der Waals surface area contributed by atoms with Crippen LogP contribution in [0.3, 0.4) is 0 Å². The highest BCUT2D eigenvalue weighted by atomic mass is 14.9. The molecule has 0 aromatic carbocycles. The largest absolute Gasteiger partial charge is 0.306 e. The van der Waals surface area contributed by atoms with E-state index in [9.17, 15) is 0 Å². The molecule has 0 unspecified atom stereocenters. The van der Waals surface area contributed by atoms with Gasteiger partial charge in [0.05, 0.1) is 5.69 Å². The minimum absolute atomic E-state index is 0.799. The van der Waals surface area contributed by atoms with E-state index < -0.39 is 0 Å². The first-order chi connectivity index (χ1) is 7.45. The van der Waals surface area contributed by atoms with E-state index in [4.69, 9.17) is 0 Å². The van der Waals surface area contributed by atoms with E-state index in [0.717, 1.165) is 37.3 Å². The van der Waals surface area contributed by atoms with E-state index in [2.05, 4.69) is 21.4 Å². The molecule has 1 aromatic rings. The van der Waals surface area contributed by atoms with Crippen LogP contribution < -0.4 is 5.32 Å². The predicted octanol–water partition coefficient (Wildman–Crippen LogP) is 1.92. The first kappa shape index (κ1) is 10.1. The van der Waals surface area contributed by atoms with Gasteiger partial charge >= 0.3 is 0 Å². The summed E-state index contributed by atoms with van der Waals surface area (Å²) in [6.45, 7) is 1.63. The summed E-state index contributed by atoms with van der Waals surface area (Å²) in [6, 6.07) is 5.95. The Morgan fingerprint density at radius 1 is 1.20 bits per heavy atom. The summed E-state index contributed by atoms with van der Waals surface area (Å²) >= 11 is 0. The van der Waals surface area contributed by atoms with Crippen LogP contribution in [0.2, 0.25) is 0 Å². The Kier molecular flexibility index (Phi) is 3.63. The third-order valence-electron chi connectivity index (χ3n) is 2.27. The summed E-state index contributed by atoms with van der Waals surface area (Å²) in [5.41, 5.74) is 2.20. The molecule has 0 saturated carbocycles. The van der Waals surface area contributed by atoms with Gasteiger partial charge in [0.15, 0.2) is 0 Å². The zero-order chi connectivity index (χ0) is 10.3. The van der Waals surface area contributed by atoms with Crippen LogP contribution in [-0.4, -0.2) is 17.7 Å². The summed E-state index contributed by atoms with van der Waals surface area (Å²) in [5, 5.41) is 3.33. The van der Waals surface area contributed by atoms with Gasteiger partial charge in [-0.1, -0.05) is 12.1 Å². The predicted molar refractivity (Wildman–Crippen MR) is 61.8 cm³/mol. The molecule has 0 bridgehead atoms. The number of pyridine rings is 1. The number of rotatable bonds is 4. The van der Waals surface area contributed by atoms with E-state index in [1.807, 2.05) is 30.6 Å². The van der Waals surface area contributed by atoms with Crippen molar-refractivity contribution < 1.29 is 0 Å². The monoisotopic (exact) mass is 201 g/mol. The standard InChI is InChI=1S/C12H15N3/c1-3-7-14-11(5-1)9-13-10-12-6-2-4-8-15-12/h1,3,5-8,13H,2,4,9-10H2. The van der Waals surface area contributed by atoms with Crippen LogP contribution in [0.5, 0.6) is 0 Å². The van der Waals surface area contributed by atoms with Gasteiger partial charge in [-0.3, -0.25) is 9.98 Å². The van der Waals surface area contributed by atoms with Gasteiger partial charge in [0, 0.05) is 31.2 Å². The van der Waals surface area contributed by atoms with Crippen molar-refractivity contribution in [3.63, 3.8) is 0 Å². The zero-order valence-corrected chi connectivity index (χ0v) is 8.69. The normalized spacial score (nSPS) is 15.1. The Hall–Kier alpha value is -1.48. The highest BCUT2D eigenvalue weighted by Gasteiger charge is 1.98. The van der Waals surface area contributed by atoms with E-state index in [1.54, 1.807) is 0 Å². The first-order valence-electron chi connectivity index (χ1n) is 5.27. The van der Waals surface area contributed by atoms with Gasteiger partial charge in [-0.25, -0.2) is 0 Å². The lowest BCUT2D eigenvalue weighted by atomic mass is 10.2. The van der Waals surface area contributed by atoms with E-state index >= 15 is 0 Å². The quantitative estimate of drug-likeness (QED) is 0.808. The average Bonchev–Trinajstić information content (AvgIpc) is 2.32. The van der Waals surface area contributed by atoms with Gasteiger partial charge in [0.25, 0.3) is 0 Å². The van der Waals surface area contributed by atoms with Gasteiger partial charge in [0.1, 0.15) is 0 Å². The summed E-state index contributed by atoms with van der Waals surface area (Å²) < 4.78 is 0. The number of aliphatic imine (C=N–C) groups is 1. The van der Waals surface area contributed by atoms with Crippen LogP contribution in [0.4, 0.5) is 0 Å². The van der Waals surface area contributed by atoms with Gasteiger partial charge in [-0.05, 0) is 25.0 Å². The molecule has 1 aliphatic heterocycles. The SMILES string of the molecule is C1=NC(CNCc2ccccn2)=CCC1. The Morgan fingerprint density at radius 3 is 2.93 bits per heavy atom. The number of nitrogens with one attached hydrogen (secondary N) is 1. The fourth-order valence-electron chi connectivity index (χ4n) is 1.50. The van der Waals surface area contributed by atoms with Crippen molar-refractivity contribution >= 4 is 6.21 Å². The third kappa shape index (κ3) is 3.29. The Balaban J connectivity index is 1.75. The van der Waals surface area contributed by atoms with Crippen molar-refractivity contribution in [2.24, 2.45) is 4.99 Å². The van der Waals surface area contributed by atoms with Crippen molar-refractivity contribution in [1.29, 1.82) is 0 Å². The van der Waals surface area contributed by atoms with Crippen LogP contribution in [0.15, 0.2) is 41.2 Å². The summed E-state index contributed by atoms with van der Waals surface area (Å²) in [6.07, 6.45) is 8.17. The van der Waals surface area contributed by atoms with E-state index in [-0.39, 0.29) is 0 Å². The van der Waals surface area contributed by atoms with Crippen LogP contribution >= 0.6 is 0 Å². The molecule has 0 amide bonds. The topological polar surface area (TPSA) is 37.3 Å². The zero-order valence-electron chi connectivity index (χ0n) is 8.69. The molecule has 1 aliphatic rings. The smallest absolute Gasteiger partial charge is 0.0541 e. The lowest BCUT2D eigenvalue weighted by Crippen LogP contribution is -2.17. The molecule has 2 heterocycles. The first-order valence-corrected chi connectivity index (χ1v) is 5.27. The lowest BCUT2D eigenvalue weighted by Gasteiger charge is -2.07. The van der Waals surface area contributed by atoms with Crippen molar-refractivity contribution in [3.05, 3.63) is 41.9 Å². The van der Waals surface area contributed by atoms with Crippen molar-refractivity contribution in [2.75, 3.05) is 6.54 Å². The van der Waals surface area contributed by atoms with E-state index in [0.29, 0.717) is 0 Å². The maximum Gasteiger partial charge on any atom is 0.0541 e. The Bertz CT molecular complexity index is 354. The van der Waals surface area contributed by atoms with Crippen LogP contribution in [0.25, 0.3) is 0 Å². The van der Waals surface area contributed by atoms with Gasteiger partial charge in [0.2, 0.25) is 0 Å². The fraction of sp³-hybridized carbons (Fsp3) is 0.333. The summed E-state index contributed by atoms with van der Waals surface area (Å²) in [5.74, 6) is 0. The number of nitrogens with zero attached hydrogens (tertiary/aromatic N) is 2. The number of hydrogen-bond donors (Lipinski definition) is 1. The minimum atomic E-state index is 0.799. The minimum Gasteiger partial charge on any atom is -0.306 e. The molecule has 3 nitrogen and oxygen atoms in total. The third-order valence-corrected chi connectivity index (χ3v) is 2.27. The molecule has 0 radical (unpaired) electrons. The molecule has 78 valence electrons. The second kappa shape index (κ2) is 5.41. The Morgan fingerprint density at radius 2 is 2.20 bits per heavy atom. The molecule has 3 heteroatoms. The van der Waals surface area contributed by atoms with Gasteiger partial charge in [-0.2, -0.15) is 0 Å². The molecule has 2 rings (SSSR count). The second-order valence-corrected chi connectivity index (χ2v) is 3.51. The van der Waals surface area contributed by atoms with Crippen LogP contribution in [0.1, 0.15) is 18.5 Å². The maximum absolute atomic E-state index is 4.31. The van der Waals surface area contributed by atoms with Gasteiger partial charge < -0.3 is 5.32 Å². The highest BCUT2D eigenvalue weighted by molar-refractivity contribution is 5.60. The molecule has 0 saturated heterocycles. The number of aromatic nitrogens is 1. The van der Waals surface area contributed by atoms with Crippen LogP contribution in [-0.2, 0) is 6.54 Å². The summed E-state index contributed by atoms with van der Waals surface area (Å²) in [4.78, 5) is 8.55. The highest BCUT2D eigenvalue weighted by Crippen LogP contribution is 2.05.